The highest BCUT2D eigenvalue weighted by molar-refractivity contribution is 9.10. The fourth-order valence-corrected chi connectivity index (χ4v) is 3.66. The molecule has 0 unspecified atom stereocenters. The number of rotatable bonds is 3. The molecule has 1 aromatic heterocycles. The molecule has 0 aliphatic heterocycles. The Morgan fingerprint density at radius 1 is 1.15 bits per heavy atom. The van der Waals surface area contributed by atoms with Gasteiger partial charge in [0.2, 0.25) is 0 Å². The summed E-state index contributed by atoms with van der Waals surface area (Å²) >= 11 is 3.23. The highest BCUT2D eigenvalue weighted by atomic mass is 79.9. The van der Waals surface area contributed by atoms with E-state index in [1.165, 1.54) is 28.9 Å². The van der Waals surface area contributed by atoms with Crippen molar-refractivity contribution in [3.8, 4) is 5.69 Å². The third-order valence-corrected chi connectivity index (χ3v) is 5.06. The van der Waals surface area contributed by atoms with Gasteiger partial charge in [0.1, 0.15) is 17.3 Å². The van der Waals surface area contributed by atoms with Crippen LogP contribution in [0.1, 0.15) is 28.2 Å². The van der Waals surface area contributed by atoms with E-state index in [1.54, 1.807) is 18.2 Å². The Bertz CT molecular complexity index is 1020. The van der Waals surface area contributed by atoms with Gasteiger partial charge in [-0.2, -0.15) is 5.10 Å². The lowest BCUT2D eigenvalue weighted by molar-refractivity contribution is 0.102. The zero-order valence-electron chi connectivity index (χ0n) is 13.6. The van der Waals surface area contributed by atoms with Crippen molar-refractivity contribution in [2.24, 2.45) is 0 Å². The summed E-state index contributed by atoms with van der Waals surface area (Å²) in [5, 5.41) is 7.12. The number of hydrogen-bond donors (Lipinski definition) is 1. The molecule has 1 heterocycles. The standard InChI is InChI=1S/C19H14BrF2N3O/c20-13-10-11(21)8-9-15(13)23-19(26)18-12-4-3-7-16(12)25(24-18)17-6-2-1-5-14(17)22/h1-2,5-6,8-10H,3-4,7H2,(H,23,26). The number of carbonyl (C=O) groups is 1. The van der Waals surface area contributed by atoms with Crippen LogP contribution in [0.25, 0.3) is 5.69 Å². The quantitative estimate of drug-likeness (QED) is 0.673. The van der Waals surface area contributed by atoms with Crippen LogP contribution >= 0.6 is 15.9 Å². The molecular weight excluding hydrogens is 404 g/mol. The largest absolute Gasteiger partial charge is 0.320 e. The summed E-state index contributed by atoms with van der Waals surface area (Å²) in [6.07, 6.45) is 2.35. The summed E-state index contributed by atoms with van der Waals surface area (Å²) in [5.41, 5.74) is 2.75. The molecule has 1 aliphatic carbocycles. The van der Waals surface area contributed by atoms with Crippen LogP contribution in [0.15, 0.2) is 46.9 Å². The number of hydrogen-bond acceptors (Lipinski definition) is 2. The van der Waals surface area contributed by atoms with Crippen molar-refractivity contribution in [2.75, 3.05) is 5.32 Å². The third kappa shape index (κ3) is 2.92. The Kier molecular flexibility index (Phi) is 4.32. The van der Waals surface area contributed by atoms with Crippen LogP contribution in [0.2, 0.25) is 0 Å². The summed E-state index contributed by atoms with van der Waals surface area (Å²) in [7, 11) is 0. The predicted molar refractivity (Wildman–Crippen MR) is 97.6 cm³/mol. The van der Waals surface area contributed by atoms with Gasteiger partial charge in [0, 0.05) is 15.7 Å². The number of nitrogens with one attached hydrogen (secondary N) is 1. The minimum Gasteiger partial charge on any atom is -0.320 e. The van der Waals surface area contributed by atoms with E-state index in [2.05, 4.69) is 26.3 Å². The van der Waals surface area contributed by atoms with Crippen LogP contribution in [0.5, 0.6) is 0 Å². The lowest BCUT2D eigenvalue weighted by Crippen LogP contribution is -2.15. The van der Waals surface area contributed by atoms with Gasteiger partial charge in [-0.3, -0.25) is 4.79 Å². The van der Waals surface area contributed by atoms with Crippen LogP contribution in [0, 0.1) is 11.6 Å². The molecule has 132 valence electrons. The average molecular weight is 418 g/mol. The highest BCUT2D eigenvalue weighted by Gasteiger charge is 2.28. The van der Waals surface area contributed by atoms with Crippen molar-refractivity contribution in [1.29, 1.82) is 0 Å². The number of para-hydroxylation sites is 1. The summed E-state index contributed by atoms with van der Waals surface area (Å²) in [4.78, 5) is 12.7. The van der Waals surface area contributed by atoms with Gasteiger partial charge in [-0.15, -0.1) is 0 Å². The van der Waals surface area contributed by atoms with Crippen LogP contribution in [0.4, 0.5) is 14.5 Å². The van der Waals surface area contributed by atoms with Gasteiger partial charge in [-0.05, 0) is 65.5 Å². The van der Waals surface area contributed by atoms with Crippen molar-refractivity contribution in [3.05, 3.63) is 75.5 Å². The zero-order chi connectivity index (χ0) is 18.3. The Balaban J connectivity index is 1.72. The van der Waals surface area contributed by atoms with E-state index in [0.29, 0.717) is 15.8 Å². The summed E-state index contributed by atoms with van der Waals surface area (Å²) in [6, 6.07) is 10.4. The molecule has 2 aromatic carbocycles. The smallest absolute Gasteiger partial charge is 0.276 e. The molecule has 3 aromatic rings. The van der Waals surface area contributed by atoms with E-state index in [0.717, 1.165) is 30.5 Å². The minimum atomic E-state index is -0.403. The molecule has 4 nitrogen and oxygen atoms in total. The summed E-state index contributed by atoms with van der Waals surface area (Å²) < 4.78 is 29.4. The first kappa shape index (κ1) is 16.9. The van der Waals surface area contributed by atoms with Crippen molar-refractivity contribution in [1.82, 2.24) is 9.78 Å². The molecule has 0 atom stereocenters. The second kappa shape index (κ2) is 6.64. The number of amides is 1. The van der Waals surface area contributed by atoms with Gasteiger partial charge < -0.3 is 5.32 Å². The molecule has 1 aliphatic rings. The van der Waals surface area contributed by atoms with Gasteiger partial charge in [0.25, 0.3) is 5.91 Å². The Hall–Kier alpha value is -2.54. The molecule has 0 radical (unpaired) electrons. The lowest BCUT2D eigenvalue weighted by atomic mass is 10.2. The van der Waals surface area contributed by atoms with Crippen LogP contribution in [-0.4, -0.2) is 15.7 Å². The minimum absolute atomic E-state index is 0.275. The van der Waals surface area contributed by atoms with Gasteiger partial charge in [0.15, 0.2) is 5.69 Å². The fourth-order valence-electron chi connectivity index (χ4n) is 3.21. The number of aromatic nitrogens is 2. The molecule has 0 saturated carbocycles. The first-order valence-corrected chi connectivity index (χ1v) is 8.96. The van der Waals surface area contributed by atoms with E-state index < -0.39 is 17.5 Å². The fraction of sp³-hybridized carbons (Fsp3) is 0.158. The number of benzene rings is 2. The number of nitrogens with zero attached hydrogens (tertiary/aromatic N) is 2. The molecule has 0 saturated heterocycles. The van der Waals surface area contributed by atoms with E-state index in [1.807, 2.05) is 0 Å². The summed E-state index contributed by atoms with van der Waals surface area (Å²) in [5.74, 6) is -1.19. The molecule has 1 amide bonds. The Labute approximate surface area is 157 Å². The number of fused-ring (bicyclic) bond motifs is 1. The molecular formula is C19H14BrF2N3O. The predicted octanol–water partition coefficient (Wildman–Crippen LogP) is 4.65. The van der Waals surface area contributed by atoms with E-state index >= 15 is 0 Å². The van der Waals surface area contributed by atoms with E-state index in [9.17, 15) is 13.6 Å². The lowest BCUT2D eigenvalue weighted by Gasteiger charge is -2.07. The number of anilines is 1. The maximum absolute atomic E-state index is 14.2. The molecule has 0 bridgehead atoms. The molecule has 4 rings (SSSR count). The van der Waals surface area contributed by atoms with Gasteiger partial charge >= 0.3 is 0 Å². The van der Waals surface area contributed by atoms with Gasteiger partial charge in [-0.25, -0.2) is 13.5 Å². The molecule has 0 spiro atoms. The first-order chi connectivity index (χ1) is 12.5. The molecule has 0 fully saturated rings. The zero-order valence-corrected chi connectivity index (χ0v) is 15.2. The average Bonchev–Trinajstić information content (AvgIpc) is 3.20. The highest BCUT2D eigenvalue weighted by Crippen LogP contribution is 2.30. The Morgan fingerprint density at radius 2 is 1.96 bits per heavy atom. The molecule has 7 heteroatoms. The third-order valence-electron chi connectivity index (χ3n) is 4.41. The van der Waals surface area contributed by atoms with Crippen molar-refractivity contribution >= 4 is 27.5 Å². The van der Waals surface area contributed by atoms with Crippen molar-refractivity contribution < 1.29 is 13.6 Å². The SMILES string of the molecule is O=C(Nc1ccc(F)cc1Br)c1nn(-c2ccccc2F)c2c1CCC2. The number of carbonyl (C=O) groups excluding carboxylic acids is 1. The van der Waals surface area contributed by atoms with Crippen LogP contribution in [0.3, 0.4) is 0 Å². The molecule has 1 N–H and O–H groups in total. The van der Waals surface area contributed by atoms with Crippen molar-refractivity contribution in [2.45, 2.75) is 19.3 Å². The normalized spacial score (nSPS) is 12.9. The summed E-state index contributed by atoms with van der Waals surface area (Å²) in [6.45, 7) is 0. The van der Waals surface area contributed by atoms with Crippen LogP contribution in [-0.2, 0) is 12.8 Å². The van der Waals surface area contributed by atoms with Gasteiger partial charge in [-0.1, -0.05) is 12.1 Å². The van der Waals surface area contributed by atoms with E-state index in [-0.39, 0.29) is 5.69 Å². The second-order valence-corrected chi connectivity index (χ2v) is 6.92. The van der Waals surface area contributed by atoms with Crippen LogP contribution < -0.4 is 5.32 Å². The molecule has 26 heavy (non-hydrogen) atoms. The van der Waals surface area contributed by atoms with Gasteiger partial charge in [0.05, 0.1) is 5.69 Å². The maximum Gasteiger partial charge on any atom is 0.276 e. The first-order valence-electron chi connectivity index (χ1n) is 8.16. The maximum atomic E-state index is 14.2. The monoisotopic (exact) mass is 417 g/mol. The number of halogens is 3. The second-order valence-electron chi connectivity index (χ2n) is 6.07. The van der Waals surface area contributed by atoms with E-state index in [4.69, 9.17) is 0 Å². The topological polar surface area (TPSA) is 46.9 Å². The van der Waals surface area contributed by atoms with Crippen molar-refractivity contribution in [3.63, 3.8) is 0 Å². The Morgan fingerprint density at radius 3 is 2.73 bits per heavy atom.